The van der Waals surface area contributed by atoms with Gasteiger partial charge >= 0.3 is 5.92 Å². The Kier molecular flexibility index (Phi) is 3.62. The molecule has 0 aliphatic carbocycles. The first-order valence-corrected chi connectivity index (χ1v) is 6.19. The van der Waals surface area contributed by atoms with E-state index in [4.69, 9.17) is 17.2 Å². The summed E-state index contributed by atoms with van der Waals surface area (Å²) in [5.74, 6) is -4.23. The van der Waals surface area contributed by atoms with Crippen LogP contribution in [0.5, 0.6) is 0 Å². The van der Waals surface area contributed by atoms with E-state index in [1.807, 2.05) is 0 Å². The van der Waals surface area contributed by atoms with Crippen molar-refractivity contribution in [1.29, 1.82) is 0 Å². The summed E-state index contributed by atoms with van der Waals surface area (Å²) in [7, 11) is 0. The summed E-state index contributed by atoms with van der Waals surface area (Å²) < 4.78 is 30.3. The smallest absolute Gasteiger partial charge is 0.346 e. The predicted molar refractivity (Wildman–Crippen MR) is 73.3 cm³/mol. The van der Waals surface area contributed by atoms with E-state index in [0.29, 0.717) is 4.47 Å². The van der Waals surface area contributed by atoms with Crippen LogP contribution in [0.15, 0.2) is 46.5 Å². The lowest BCUT2D eigenvalue weighted by Crippen LogP contribution is -2.25. The number of alkyl halides is 2. The molecule has 0 spiro atoms. The Morgan fingerprint density at radius 1 is 1.20 bits per heavy atom. The number of pyridine rings is 1. The molecule has 0 aliphatic heterocycles. The highest BCUT2D eigenvalue weighted by Crippen LogP contribution is 2.32. The Hall–Kier alpha value is -2.16. The third-order valence-corrected chi connectivity index (χ3v) is 2.93. The molecule has 0 amide bonds. The van der Waals surface area contributed by atoms with E-state index >= 15 is 0 Å². The number of nitrogens with zero attached hydrogens (tertiary/aromatic N) is 3. The van der Waals surface area contributed by atoms with Crippen LogP contribution in [-0.2, 0) is 5.92 Å². The molecule has 0 unspecified atom stereocenters. The molecule has 2 heterocycles. The Morgan fingerprint density at radius 2 is 1.90 bits per heavy atom. The fourth-order valence-electron chi connectivity index (χ4n) is 1.50. The Bertz CT molecular complexity index is 702. The minimum Gasteiger partial charge on any atom is -0.397 e. The maximum Gasteiger partial charge on any atom is 0.346 e. The minimum atomic E-state index is -3.51. The van der Waals surface area contributed by atoms with Crippen molar-refractivity contribution in [3.63, 3.8) is 0 Å². The Labute approximate surface area is 121 Å². The fourth-order valence-corrected chi connectivity index (χ4v) is 1.84. The highest BCUT2D eigenvalue weighted by Gasteiger charge is 2.40. The molecular weight excluding hydrogens is 334 g/mol. The average molecular weight is 345 g/mol. The summed E-state index contributed by atoms with van der Waals surface area (Å²) in [4.78, 5) is 0. The van der Waals surface area contributed by atoms with Crippen molar-refractivity contribution < 1.29 is 8.78 Å². The first-order valence-electron chi connectivity index (χ1n) is 5.40. The van der Waals surface area contributed by atoms with E-state index in [0.717, 1.165) is 16.6 Å². The zero-order valence-corrected chi connectivity index (χ0v) is 11.7. The van der Waals surface area contributed by atoms with E-state index in [2.05, 4.69) is 26.1 Å². The maximum atomic E-state index is 14.3. The van der Waals surface area contributed by atoms with Gasteiger partial charge in [-0.3, -0.25) is 4.40 Å². The van der Waals surface area contributed by atoms with Crippen LogP contribution >= 0.6 is 15.9 Å². The van der Waals surface area contributed by atoms with Crippen molar-refractivity contribution in [1.82, 2.24) is 14.6 Å². The van der Waals surface area contributed by atoms with Gasteiger partial charge in [0.15, 0.2) is 5.65 Å². The molecule has 2 rings (SSSR count). The summed E-state index contributed by atoms with van der Waals surface area (Å²) in [6.45, 7) is 0. The van der Waals surface area contributed by atoms with Gasteiger partial charge in [0.1, 0.15) is 0 Å². The number of hydrogen-bond acceptors (Lipinski definition) is 5. The van der Waals surface area contributed by atoms with Gasteiger partial charge in [-0.25, -0.2) is 0 Å². The number of fused-ring (bicyclic) bond motifs is 1. The van der Waals surface area contributed by atoms with Crippen LogP contribution < -0.4 is 17.2 Å². The standard InChI is InChI=1S/C11H11BrF2N6/c12-6-1-4-9-18-19-10(20(9)5-6)11(13,14)7(15)2-3-8(16)17/h1-5H,15-17H2/b7-2-. The zero-order chi connectivity index (χ0) is 14.9. The van der Waals surface area contributed by atoms with Gasteiger partial charge in [0.25, 0.3) is 0 Å². The van der Waals surface area contributed by atoms with Gasteiger partial charge < -0.3 is 17.2 Å². The number of hydrogen-bond donors (Lipinski definition) is 3. The van der Waals surface area contributed by atoms with Crippen LogP contribution in [0.1, 0.15) is 5.82 Å². The van der Waals surface area contributed by atoms with Crippen LogP contribution in [-0.4, -0.2) is 14.6 Å². The molecule has 0 atom stereocenters. The molecule has 0 radical (unpaired) electrons. The molecule has 6 nitrogen and oxygen atoms in total. The molecule has 0 bridgehead atoms. The second-order valence-corrected chi connectivity index (χ2v) is 4.88. The Morgan fingerprint density at radius 3 is 2.55 bits per heavy atom. The number of allylic oxidation sites excluding steroid dienone is 3. The van der Waals surface area contributed by atoms with E-state index in [9.17, 15) is 8.78 Å². The Balaban J connectivity index is 2.54. The predicted octanol–water partition coefficient (Wildman–Crippen LogP) is 1.19. The van der Waals surface area contributed by atoms with Crippen LogP contribution in [0.4, 0.5) is 8.78 Å². The molecule has 0 saturated heterocycles. The summed E-state index contributed by atoms with van der Waals surface area (Å²) in [5, 5.41) is 7.16. The highest BCUT2D eigenvalue weighted by atomic mass is 79.9. The number of rotatable bonds is 3. The average Bonchev–Trinajstić information content (AvgIpc) is 2.79. The second-order valence-electron chi connectivity index (χ2n) is 3.96. The third kappa shape index (κ3) is 2.57. The van der Waals surface area contributed by atoms with E-state index in [1.165, 1.54) is 6.20 Å². The van der Waals surface area contributed by atoms with Crippen molar-refractivity contribution in [3.8, 4) is 0 Å². The molecule has 0 saturated carbocycles. The number of halogens is 3. The summed E-state index contributed by atoms with van der Waals surface area (Å²) in [6, 6.07) is 3.22. The van der Waals surface area contributed by atoms with Gasteiger partial charge in [0.05, 0.1) is 11.5 Å². The number of aromatic nitrogens is 3. The lowest BCUT2D eigenvalue weighted by Gasteiger charge is -2.14. The van der Waals surface area contributed by atoms with Crippen molar-refractivity contribution in [3.05, 3.63) is 52.3 Å². The van der Waals surface area contributed by atoms with Crippen LogP contribution in [0.2, 0.25) is 0 Å². The molecule has 6 N–H and O–H groups in total. The third-order valence-electron chi connectivity index (χ3n) is 2.46. The SMILES string of the molecule is NC(N)=C/C=C(\N)C(F)(F)c1nnc2ccc(Br)cn12. The highest BCUT2D eigenvalue weighted by molar-refractivity contribution is 9.10. The molecule has 0 fully saturated rings. The molecule has 2 aromatic rings. The summed E-state index contributed by atoms with van der Waals surface area (Å²) in [6.07, 6.45) is 3.45. The van der Waals surface area contributed by atoms with Crippen molar-refractivity contribution in [2.45, 2.75) is 5.92 Å². The van der Waals surface area contributed by atoms with Crippen LogP contribution in [0, 0.1) is 0 Å². The molecular formula is C11H11BrF2N6. The van der Waals surface area contributed by atoms with Gasteiger partial charge in [-0.1, -0.05) is 0 Å². The lowest BCUT2D eigenvalue weighted by atomic mass is 10.2. The monoisotopic (exact) mass is 344 g/mol. The second kappa shape index (κ2) is 5.08. The largest absolute Gasteiger partial charge is 0.397 e. The van der Waals surface area contributed by atoms with Gasteiger partial charge in [-0.05, 0) is 40.2 Å². The first-order chi connectivity index (χ1) is 9.32. The molecule has 20 heavy (non-hydrogen) atoms. The zero-order valence-electron chi connectivity index (χ0n) is 10.1. The van der Waals surface area contributed by atoms with Gasteiger partial charge in [-0.15, -0.1) is 10.2 Å². The van der Waals surface area contributed by atoms with Crippen LogP contribution in [0.25, 0.3) is 5.65 Å². The van der Waals surface area contributed by atoms with E-state index in [1.54, 1.807) is 12.1 Å². The molecule has 0 aromatic carbocycles. The van der Waals surface area contributed by atoms with Crippen molar-refractivity contribution in [2.75, 3.05) is 0 Å². The molecule has 106 valence electrons. The number of nitrogens with two attached hydrogens (primary N) is 3. The quantitative estimate of drug-likeness (QED) is 0.724. The first kappa shape index (κ1) is 14.3. The normalized spacial score (nSPS) is 12.7. The lowest BCUT2D eigenvalue weighted by molar-refractivity contribution is 0.0253. The van der Waals surface area contributed by atoms with E-state index in [-0.39, 0.29) is 11.5 Å². The van der Waals surface area contributed by atoms with Crippen molar-refractivity contribution in [2.24, 2.45) is 17.2 Å². The summed E-state index contributed by atoms with van der Waals surface area (Å²) in [5.41, 5.74) is 15.3. The van der Waals surface area contributed by atoms with Gasteiger partial charge in [0.2, 0.25) is 5.82 Å². The summed E-state index contributed by atoms with van der Waals surface area (Å²) >= 11 is 3.20. The topological polar surface area (TPSA) is 108 Å². The molecule has 2 aromatic heterocycles. The van der Waals surface area contributed by atoms with E-state index < -0.39 is 17.4 Å². The van der Waals surface area contributed by atoms with Crippen LogP contribution in [0.3, 0.4) is 0 Å². The minimum absolute atomic E-state index is 0.127. The van der Waals surface area contributed by atoms with Crippen molar-refractivity contribution >= 4 is 21.6 Å². The molecule has 0 aliphatic rings. The fraction of sp³-hybridized carbons (Fsp3) is 0.0909. The van der Waals surface area contributed by atoms with Gasteiger partial charge in [-0.2, -0.15) is 8.78 Å². The maximum absolute atomic E-state index is 14.3. The van der Waals surface area contributed by atoms with Gasteiger partial charge in [0, 0.05) is 10.7 Å². The molecule has 9 heteroatoms.